The van der Waals surface area contributed by atoms with Gasteiger partial charge in [0.1, 0.15) is 0 Å². The minimum Gasteiger partial charge on any atom is -0.396 e. The van der Waals surface area contributed by atoms with Gasteiger partial charge in [0.2, 0.25) is 5.95 Å². The number of aliphatic hydroxyl groups is 1. The van der Waals surface area contributed by atoms with Crippen LogP contribution >= 0.6 is 0 Å². The number of likely N-dealkylation sites (N-methyl/N-ethyl adjacent to an activating group) is 1. The molecular formula is C22H31N5O. The van der Waals surface area contributed by atoms with Gasteiger partial charge in [-0.3, -0.25) is 4.90 Å². The Morgan fingerprint density at radius 1 is 1.11 bits per heavy atom. The molecule has 2 N–H and O–H groups in total. The summed E-state index contributed by atoms with van der Waals surface area (Å²) in [5.41, 5.74) is 2.44. The van der Waals surface area contributed by atoms with Crippen LogP contribution in [0.25, 0.3) is 0 Å². The standard InChI is InChI=1S/C22H31N5O/c1-26-10-5-8-22(17-28)9-11-27(16-20(22)26)15-19-13-24-21(25-14-19)23-12-18-6-3-2-4-7-18/h2-4,6-7,13-14,20,28H,5,8-12,15-17H2,1H3,(H,23,24,25)/t20-,22-/m1/s1. The lowest BCUT2D eigenvalue weighted by molar-refractivity contribution is -0.0684. The van der Waals surface area contributed by atoms with Crippen molar-refractivity contribution in [1.82, 2.24) is 19.8 Å². The molecule has 0 aliphatic carbocycles. The van der Waals surface area contributed by atoms with Crippen molar-refractivity contribution in [3.05, 3.63) is 53.9 Å². The number of hydrogen-bond donors (Lipinski definition) is 2. The second kappa shape index (κ2) is 8.55. The molecule has 3 heterocycles. The number of hydrogen-bond acceptors (Lipinski definition) is 6. The number of likely N-dealkylation sites (tertiary alicyclic amines) is 2. The van der Waals surface area contributed by atoms with E-state index in [1.165, 1.54) is 12.0 Å². The first-order valence-electron chi connectivity index (χ1n) is 10.3. The fraction of sp³-hybridized carbons (Fsp3) is 0.545. The van der Waals surface area contributed by atoms with Crippen molar-refractivity contribution < 1.29 is 5.11 Å². The highest BCUT2D eigenvalue weighted by molar-refractivity contribution is 5.28. The van der Waals surface area contributed by atoms with Crippen LogP contribution in [0.15, 0.2) is 42.7 Å². The van der Waals surface area contributed by atoms with Crippen LogP contribution in [0.4, 0.5) is 5.95 Å². The first-order chi connectivity index (χ1) is 13.7. The number of nitrogens with one attached hydrogen (secondary N) is 1. The zero-order valence-corrected chi connectivity index (χ0v) is 16.7. The number of benzene rings is 1. The average molecular weight is 382 g/mol. The molecular weight excluding hydrogens is 350 g/mol. The first-order valence-corrected chi connectivity index (χ1v) is 10.3. The summed E-state index contributed by atoms with van der Waals surface area (Å²) in [6.45, 7) is 5.06. The summed E-state index contributed by atoms with van der Waals surface area (Å²) in [5, 5.41) is 13.3. The Morgan fingerprint density at radius 3 is 2.64 bits per heavy atom. The van der Waals surface area contributed by atoms with E-state index in [-0.39, 0.29) is 5.41 Å². The van der Waals surface area contributed by atoms with E-state index in [9.17, 15) is 5.11 Å². The molecule has 2 saturated heterocycles. The Bertz CT molecular complexity index is 753. The summed E-state index contributed by atoms with van der Waals surface area (Å²) in [6.07, 6.45) is 7.27. The van der Waals surface area contributed by atoms with Gasteiger partial charge in [0.15, 0.2) is 0 Å². The van der Waals surface area contributed by atoms with Gasteiger partial charge < -0.3 is 15.3 Å². The van der Waals surface area contributed by atoms with Crippen molar-refractivity contribution >= 4 is 5.95 Å². The van der Waals surface area contributed by atoms with Crippen molar-refractivity contribution in [2.24, 2.45) is 5.41 Å². The summed E-state index contributed by atoms with van der Waals surface area (Å²) >= 11 is 0. The number of fused-ring (bicyclic) bond motifs is 1. The third-order valence-electron chi connectivity index (χ3n) is 6.50. The number of piperidine rings is 2. The normalized spacial score (nSPS) is 26.0. The molecule has 0 radical (unpaired) electrons. The predicted molar refractivity (Wildman–Crippen MR) is 111 cm³/mol. The van der Waals surface area contributed by atoms with Crippen LogP contribution in [0.5, 0.6) is 0 Å². The lowest BCUT2D eigenvalue weighted by atomic mass is 9.69. The van der Waals surface area contributed by atoms with E-state index >= 15 is 0 Å². The van der Waals surface area contributed by atoms with E-state index in [1.807, 2.05) is 30.6 Å². The molecule has 0 unspecified atom stereocenters. The Labute approximate surface area is 167 Å². The van der Waals surface area contributed by atoms with Gasteiger partial charge in [-0.2, -0.15) is 0 Å². The van der Waals surface area contributed by atoms with Gasteiger partial charge in [0, 0.05) is 49.0 Å². The van der Waals surface area contributed by atoms with E-state index in [1.54, 1.807) is 0 Å². The van der Waals surface area contributed by atoms with E-state index in [0.29, 0.717) is 18.6 Å². The molecule has 2 aliphatic rings. The van der Waals surface area contributed by atoms with E-state index in [2.05, 4.69) is 44.3 Å². The number of anilines is 1. The van der Waals surface area contributed by atoms with Crippen LogP contribution in [-0.2, 0) is 13.1 Å². The summed E-state index contributed by atoms with van der Waals surface area (Å²) < 4.78 is 0. The maximum absolute atomic E-state index is 10.1. The van der Waals surface area contributed by atoms with Crippen molar-refractivity contribution in [2.75, 3.05) is 38.6 Å². The maximum atomic E-state index is 10.1. The highest BCUT2D eigenvalue weighted by atomic mass is 16.3. The van der Waals surface area contributed by atoms with Crippen LogP contribution in [0, 0.1) is 5.41 Å². The zero-order valence-electron chi connectivity index (χ0n) is 16.7. The van der Waals surface area contributed by atoms with Gasteiger partial charge in [-0.05, 0) is 45.0 Å². The molecule has 0 bridgehead atoms. The van der Waals surface area contributed by atoms with Crippen LogP contribution in [0.2, 0.25) is 0 Å². The quantitative estimate of drug-likeness (QED) is 0.801. The maximum Gasteiger partial charge on any atom is 0.222 e. The van der Waals surface area contributed by atoms with Crippen LogP contribution < -0.4 is 5.32 Å². The number of aromatic nitrogens is 2. The molecule has 6 nitrogen and oxygen atoms in total. The molecule has 0 saturated carbocycles. The Balaban J connectivity index is 1.33. The third-order valence-corrected chi connectivity index (χ3v) is 6.50. The lowest BCUT2D eigenvalue weighted by Gasteiger charge is -2.53. The van der Waals surface area contributed by atoms with E-state index in [0.717, 1.165) is 51.1 Å². The Hall–Kier alpha value is -2.02. The third kappa shape index (κ3) is 4.19. The second-order valence-corrected chi connectivity index (χ2v) is 8.36. The van der Waals surface area contributed by atoms with Gasteiger partial charge in [0.05, 0.1) is 6.61 Å². The zero-order chi connectivity index (χ0) is 19.4. The number of aliphatic hydroxyl groups excluding tert-OH is 1. The highest BCUT2D eigenvalue weighted by Gasteiger charge is 2.46. The van der Waals surface area contributed by atoms with Gasteiger partial charge in [0.25, 0.3) is 0 Å². The monoisotopic (exact) mass is 381 g/mol. The van der Waals surface area contributed by atoms with Crippen LogP contribution in [0.3, 0.4) is 0 Å². The molecule has 28 heavy (non-hydrogen) atoms. The molecule has 6 heteroatoms. The molecule has 2 aromatic rings. The van der Waals surface area contributed by atoms with Crippen molar-refractivity contribution in [1.29, 1.82) is 0 Å². The molecule has 1 aromatic heterocycles. The fourth-order valence-electron chi connectivity index (χ4n) is 4.78. The second-order valence-electron chi connectivity index (χ2n) is 8.36. The van der Waals surface area contributed by atoms with Gasteiger partial charge >= 0.3 is 0 Å². The molecule has 0 amide bonds. The lowest BCUT2D eigenvalue weighted by Crippen LogP contribution is -2.61. The molecule has 0 spiro atoms. The minimum atomic E-state index is 0.0885. The van der Waals surface area contributed by atoms with Crippen molar-refractivity contribution in [3.63, 3.8) is 0 Å². The highest BCUT2D eigenvalue weighted by Crippen LogP contribution is 2.41. The summed E-state index contributed by atoms with van der Waals surface area (Å²) in [6, 6.07) is 10.7. The average Bonchev–Trinajstić information content (AvgIpc) is 2.75. The van der Waals surface area contributed by atoms with Crippen LogP contribution in [0.1, 0.15) is 30.4 Å². The molecule has 2 fully saturated rings. The van der Waals surface area contributed by atoms with Gasteiger partial charge in [-0.25, -0.2) is 9.97 Å². The summed E-state index contributed by atoms with van der Waals surface area (Å²) in [5.74, 6) is 0.664. The van der Waals surface area contributed by atoms with Crippen LogP contribution in [-0.4, -0.2) is 64.2 Å². The van der Waals surface area contributed by atoms with Crippen molar-refractivity contribution in [3.8, 4) is 0 Å². The smallest absolute Gasteiger partial charge is 0.222 e. The summed E-state index contributed by atoms with van der Waals surface area (Å²) in [4.78, 5) is 13.9. The van der Waals surface area contributed by atoms with E-state index in [4.69, 9.17) is 0 Å². The summed E-state index contributed by atoms with van der Waals surface area (Å²) in [7, 11) is 2.20. The molecule has 4 rings (SSSR count). The Morgan fingerprint density at radius 2 is 1.89 bits per heavy atom. The number of rotatable bonds is 6. The molecule has 1 aromatic carbocycles. The topological polar surface area (TPSA) is 64.5 Å². The SMILES string of the molecule is CN1CCC[C@]2(CO)CCN(Cc3cnc(NCc4ccccc4)nc3)C[C@@H]12. The first kappa shape index (κ1) is 19.3. The molecule has 2 aliphatic heterocycles. The van der Waals surface area contributed by atoms with Gasteiger partial charge in [-0.15, -0.1) is 0 Å². The fourth-order valence-corrected chi connectivity index (χ4v) is 4.78. The van der Waals surface area contributed by atoms with E-state index < -0.39 is 0 Å². The number of nitrogens with zero attached hydrogens (tertiary/aromatic N) is 4. The molecule has 150 valence electrons. The predicted octanol–water partition coefficient (Wildman–Crippen LogP) is 2.37. The minimum absolute atomic E-state index is 0.0885. The van der Waals surface area contributed by atoms with Gasteiger partial charge in [-0.1, -0.05) is 30.3 Å². The molecule has 2 atom stereocenters. The van der Waals surface area contributed by atoms with Crippen molar-refractivity contribution in [2.45, 2.75) is 38.4 Å². The Kier molecular flexibility index (Phi) is 5.90. The largest absolute Gasteiger partial charge is 0.396 e.